The largest absolute Gasteiger partial charge is 0.330 e. The molecule has 1 aromatic heterocycles. The number of sulfone groups is 1. The molecule has 0 amide bonds. The van der Waals surface area contributed by atoms with E-state index in [9.17, 15) is 8.42 Å². The van der Waals surface area contributed by atoms with Crippen LogP contribution in [0.25, 0.3) is 11.0 Å². The van der Waals surface area contributed by atoms with E-state index in [1.807, 2.05) is 28.8 Å². The van der Waals surface area contributed by atoms with Gasteiger partial charge in [0.2, 0.25) is 0 Å². The van der Waals surface area contributed by atoms with Gasteiger partial charge in [0.15, 0.2) is 9.84 Å². The number of nitrogens with zero attached hydrogens (tertiary/aromatic N) is 2. The summed E-state index contributed by atoms with van der Waals surface area (Å²) in [4.78, 5) is 4.52. The van der Waals surface area contributed by atoms with E-state index in [-0.39, 0.29) is 11.5 Å². The number of imidazole rings is 1. The van der Waals surface area contributed by atoms with Crippen LogP contribution >= 0.6 is 0 Å². The second kappa shape index (κ2) is 5.71. The monoisotopic (exact) mass is 281 g/mol. The Bertz CT molecular complexity index is 662. The summed E-state index contributed by atoms with van der Waals surface area (Å²) >= 11 is 0. The fraction of sp³-hybridized carbons (Fsp3) is 0.462. The summed E-state index contributed by atoms with van der Waals surface area (Å²) in [5.41, 5.74) is 7.45. The number of benzene rings is 1. The highest BCUT2D eigenvalue weighted by molar-refractivity contribution is 7.91. The van der Waals surface area contributed by atoms with Gasteiger partial charge in [-0.05, 0) is 18.7 Å². The van der Waals surface area contributed by atoms with Crippen molar-refractivity contribution in [1.29, 1.82) is 0 Å². The van der Waals surface area contributed by atoms with Gasteiger partial charge in [-0.1, -0.05) is 19.1 Å². The van der Waals surface area contributed by atoms with Gasteiger partial charge in [-0.25, -0.2) is 13.4 Å². The van der Waals surface area contributed by atoms with Crippen LogP contribution in [0.3, 0.4) is 0 Å². The number of fused-ring (bicyclic) bond motifs is 1. The minimum atomic E-state index is -2.98. The van der Waals surface area contributed by atoms with E-state index >= 15 is 0 Å². The lowest BCUT2D eigenvalue weighted by Gasteiger charge is -2.08. The van der Waals surface area contributed by atoms with E-state index in [0.29, 0.717) is 19.5 Å². The summed E-state index contributed by atoms with van der Waals surface area (Å²) in [6.07, 6.45) is 0.654. The molecule has 0 aliphatic rings. The molecule has 0 fully saturated rings. The van der Waals surface area contributed by atoms with Crippen molar-refractivity contribution in [2.24, 2.45) is 5.73 Å². The molecule has 0 radical (unpaired) electrons. The van der Waals surface area contributed by atoms with Gasteiger partial charge in [0, 0.05) is 18.7 Å². The third kappa shape index (κ3) is 3.13. The van der Waals surface area contributed by atoms with Crippen LogP contribution in [0.4, 0.5) is 0 Å². The van der Waals surface area contributed by atoms with E-state index in [4.69, 9.17) is 5.73 Å². The van der Waals surface area contributed by atoms with E-state index in [1.165, 1.54) is 0 Å². The first-order valence-corrected chi connectivity index (χ1v) is 8.24. The maximum Gasteiger partial charge on any atom is 0.151 e. The van der Waals surface area contributed by atoms with Gasteiger partial charge in [0.25, 0.3) is 0 Å². The maximum absolute atomic E-state index is 11.6. The third-order valence-corrected chi connectivity index (χ3v) is 4.85. The molecule has 104 valence electrons. The van der Waals surface area contributed by atoms with Crippen molar-refractivity contribution >= 4 is 20.9 Å². The molecule has 5 nitrogen and oxygen atoms in total. The molecule has 2 aromatic rings. The summed E-state index contributed by atoms with van der Waals surface area (Å²) < 4.78 is 25.3. The molecule has 0 aliphatic carbocycles. The zero-order valence-electron chi connectivity index (χ0n) is 11.0. The summed E-state index contributed by atoms with van der Waals surface area (Å²) in [7, 11) is -2.98. The van der Waals surface area contributed by atoms with Gasteiger partial charge in [-0.15, -0.1) is 0 Å². The van der Waals surface area contributed by atoms with E-state index in [0.717, 1.165) is 16.9 Å². The number of aromatic nitrogens is 2. The number of hydrogen-bond donors (Lipinski definition) is 1. The lowest BCUT2D eigenvalue weighted by atomic mass is 10.3. The molecule has 0 saturated carbocycles. The molecule has 0 aliphatic heterocycles. The Hall–Kier alpha value is -1.40. The van der Waals surface area contributed by atoms with Crippen molar-refractivity contribution < 1.29 is 8.42 Å². The highest BCUT2D eigenvalue weighted by atomic mass is 32.2. The van der Waals surface area contributed by atoms with Crippen molar-refractivity contribution in [3.63, 3.8) is 0 Å². The van der Waals surface area contributed by atoms with Crippen LogP contribution in [0.2, 0.25) is 0 Å². The fourth-order valence-electron chi connectivity index (χ4n) is 2.07. The van der Waals surface area contributed by atoms with Crippen LogP contribution in [0.15, 0.2) is 24.3 Å². The second-order valence-corrected chi connectivity index (χ2v) is 6.92. The smallest absolute Gasteiger partial charge is 0.151 e. The maximum atomic E-state index is 11.6. The number of aryl methyl sites for hydroxylation is 1. The van der Waals surface area contributed by atoms with Crippen LogP contribution in [0.1, 0.15) is 12.7 Å². The Morgan fingerprint density at radius 3 is 2.74 bits per heavy atom. The molecule has 6 heteroatoms. The Kier molecular flexibility index (Phi) is 4.21. The molecular formula is C13H19N3O2S. The summed E-state index contributed by atoms with van der Waals surface area (Å²) in [6.45, 7) is 2.61. The van der Waals surface area contributed by atoms with Gasteiger partial charge in [0.05, 0.1) is 16.8 Å². The highest BCUT2D eigenvalue weighted by Crippen LogP contribution is 2.16. The van der Waals surface area contributed by atoms with Crippen molar-refractivity contribution in [1.82, 2.24) is 9.55 Å². The molecule has 2 N–H and O–H groups in total. The van der Waals surface area contributed by atoms with E-state index in [1.54, 1.807) is 6.92 Å². The van der Waals surface area contributed by atoms with Gasteiger partial charge in [-0.3, -0.25) is 0 Å². The standard InChI is InChI=1S/C13H19N3O2S/c1-2-19(17,18)10-9-16-12-6-4-3-5-11(12)15-13(16)7-8-14/h3-6H,2,7-10,14H2,1H3. The first-order chi connectivity index (χ1) is 9.07. The van der Waals surface area contributed by atoms with Crippen molar-refractivity contribution in [2.45, 2.75) is 19.9 Å². The first-order valence-electron chi connectivity index (χ1n) is 6.42. The zero-order valence-corrected chi connectivity index (χ0v) is 11.9. The molecule has 0 unspecified atom stereocenters. The Balaban J connectivity index is 2.36. The molecule has 0 bridgehead atoms. The van der Waals surface area contributed by atoms with Gasteiger partial charge < -0.3 is 10.3 Å². The topological polar surface area (TPSA) is 78.0 Å². The summed E-state index contributed by atoms with van der Waals surface area (Å²) in [5.74, 6) is 1.17. The van der Waals surface area contributed by atoms with E-state index < -0.39 is 9.84 Å². The van der Waals surface area contributed by atoms with E-state index in [2.05, 4.69) is 4.98 Å². The van der Waals surface area contributed by atoms with Crippen LogP contribution in [-0.2, 0) is 22.8 Å². The molecule has 1 aromatic carbocycles. The Morgan fingerprint density at radius 2 is 2.05 bits per heavy atom. The number of nitrogens with two attached hydrogens (primary N) is 1. The molecule has 0 spiro atoms. The second-order valence-electron chi connectivity index (χ2n) is 4.44. The van der Waals surface area contributed by atoms with Crippen molar-refractivity contribution in [2.75, 3.05) is 18.1 Å². The summed E-state index contributed by atoms with van der Waals surface area (Å²) in [6, 6.07) is 7.75. The van der Waals surface area contributed by atoms with Gasteiger partial charge >= 0.3 is 0 Å². The fourth-order valence-corrected chi connectivity index (χ4v) is 2.82. The highest BCUT2D eigenvalue weighted by Gasteiger charge is 2.13. The normalized spacial score (nSPS) is 12.1. The van der Waals surface area contributed by atoms with Crippen LogP contribution < -0.4 is 5.73 Å². The molecule has 19 heavy (non-hydrogen) atoms. The molecule has 1 heterocycles. The molecule has 0 saturated heterocycles. The van der Waals surface area contributed by atoms with Crippen LogP contribution in [-0.4, -0.2) is 36.0 Å². The van der Waals surface area contributed by atoms with Crippen LogP contribution in [0, 0.1) is 0 Å². The van der Waals surface area contributed by atoms with Crippen molar-refractivity contribution in [3.8, 4) is 0 Å². The minimum Gasteiger partial charge on any atom is -0.330 e. The van der Waals surface area contributed by atoms with Crippen molar-refractivity contribution in [3.05, 3.63) is 30.1 Å². The summed E-state index contributed by atoms with van der Waals surface area (Å²) in [5, 5.41) is 0. The predicted octanol–water partition coefficient (Wildman–Crippen LogP) is 0.972. The Morgan fingerprint density at radius 1 is 1.32 bits per heavy atom. The zero-order chi connectivity index (χ0) is 13.9. The Labute approximate surface area is 113 Å². The molecule has 2 rings (SSSR count). The van der Waals surface area contributed by atoms with Gasteiger partial charge in [-0.2, -0.15) is 0 Å². The number of rotatable bonds is 6. The first kappa shape index (κ1) is 14.0. The molecule has 0 atom stereocenters. The lowest BCUT2D eigenvalue weighted by Crippen LogP contribution is -2.17. The lowest BCUT2D eigenvalue weighted by molar-refractivity contribution is 0.589. The SMILES string of the molecule is CCS(=O)(=O)CCn1c(CCN)nc2ccccc21. The van der Waals surface area contributed by atoms with Crippen LogP contribution in [0.5, 0.6) is 0 Å². The van der Waals surface area contributed by atoms with Gasteiger partial charge in [0.1, 0.15) is 5.82 Å². The minimum absolute atomic E-state index is 0.140. The quantitative estimate of drug-likeness (QED) is 0.856. The third-order valence-electron chi connectivity index (χ3n) is 3.17. The number of hydrogen-bond acceptors (Lipinski definition) is 4. The average molecular weight is 281 g/mol. The molecular weight excluding hydrogens is 262 g/mol. The average Bonchev–Trinajstić information content (AvgIpc) is 2.74. The predicted molar refractivity (Wildman–Crippen MR) is 76.8 cm³/mol. The number of para-hydroxylation sites is 2.